The maximum Gasteiger partial charge on any atom is 0.293 e. The zero-order valence-corrected chi connectivity index (χ0v) is 13.9. The quantitative estimate of drug-likeness (QED) is 0.861. The number of aromatic nitrogens is 3. The van der Waals surface area contributed by atoms with E-state index in [1.54, 1.807) is 18.5 Å². The van der Waals surface area contributed by atoms with E-state index >= 15 is 0 Å². The van der Waals surface area contributed by atoms with Crippen molar-refractivity contribution in [2.45, 2.75) is 32.7 Å². The highest BCUT2D eigenvalue weighted by Crippen LogP contribution is 2.32. The Balaban J connectivity index is 1.96. The number of rotatable bonds is 4. The molecule has 2 aromatic rings. The van der Waals surface area contributed by atoms with Gasteiger partial charge in [0.15, 0.2) is 0 Å². The average molecular weight is 325 g/mol. The van der Waals surface area contributed by atoms with Crippen molar-refractivity contribution >= 4 is 11.6 Å². The van der Waals surface area contributed by atoms with Crippen LogP contribution in [0, 0.1) is 0 Å². The molecule has 0 saturated heterocycles. The van der Waals surface area contributed by atoms with Gasteiger partial charge in [-0.25, -0.2) is 20.0 Å². The highest BCUT2D eigenvalue weighted by molar-refractivity contribution is 6.06. The van der Waals surface area contributed by atoms with Crippen LogP contribution in [-0.4, -0.2) is 43.7 Å². The molecule has 7 nitrogen and oxygen atoms in total. The van der Waals surface area contributed by atoms with Crippen LogP contribution in [0.3, 0.4) is 0 Å². The lowest BCUT2D eigenvalue weighted by Gasteiger charge is -2.28. The lowest BCUT2D eigenvalue weighted by molar-refractivity contribution is 0.0606. The van der Waals surface area contributed by atoms with Crippen LogP contribution >= 0.6 is 0 Å². The molecule has 0 unspecified atom stereocenters. The van der Waals surface area contributed by atoms with Crippen molar-refractivity contribution < 1.29 is 9.53 Å². The second-order valence-corrected chi connectivity index (χ2v) is 6.04. The van der Waals surface area contributed by atoms with E-state index in [0.29, 0.717) is 24.6 Å². The normalized spacial score (nSPS) is 16.0. The van der Waals surface area contributed by atoms with Gasteiger partial charge in [0.25, 0.3) is 5.91 Å². The van der Waals surface area contributed by atoms with E-state index in [1.165, 1.54) is 11.3 Å². The molecule has 1 aliphatic heterocycles. The number of amides is 1. The number of pyridine rings is 1. The van der Waals surface area contributed by atoms with E-state index in [2.05, 4.69) is 20.1 Å². The Morgan fingerprint density at radius 1 is 1.29 bits per heavy atom. The van der Waals surface area contributed by atoms with Crippen molar-refractivity contribution in [1.82, 2.24) is 20.0 Å². The second kappa shape index (κ2) is 6.35. The Labute approximate surface area is 140 Å². The smallest absolute Gasteiger partial charge is 0.293 e. The average Bonchev–Trinajstić information content (AvgIpc) is 2.91. The van der Waals surface area contributed by atoms with Crippen LogP contribution < -0.4 is 4.74 Å². The fraction of sp³-hybridized carbons (Fsp3) is 0.353. The van der Waals surface area contributed by atoms with Crippen molar-refractivity contribution in [3.63, 3.8) is 0 Å². The van der Waals surface area contributed by atoms with Crippen molar-refractivity contribution in [3.05, 3.63) is 48.2 Å². The third kappa shape index (κ3) is 2.97. The van der Waals surface area contributed by atoms with Gasteiger partial charge in [0.2, 0.25) is 5.88 Å². The van der Waals surface area contributed by atoms with Gasteiger partial charge in [0.1, 0.15) is 12.0 Å². The minimum atomic E-state index is -0.462. The summed E-state index contributed by atoms with van der Waals surface area (Å²) in [6.07, 6.45) is 5.19. The first-order valence-corrected chi connectivity index (χ1v) is 7.79. The summed E-state index contributed by atoms with van der Waals surface area (Å²) in [5.41, 5.74) is 1.44. The molecule has 0 spiro atoms. The van der Waals surface area contributed by atoms with E-state index in [4.69, 9.17) is 4.74 Å². The minimum Gasteiger partial charge on any atom is -0.477 e. The number of hydrazone groups is 1. The maximum absolute atomic E-state index is 12.7. The van der Waals surface area contributed by atoms with Gasteiger partial charge >= 0.3 is 0 Å². The third-order valence-corrected chi connectivity index (χ3v) is 3.75. The molecule has 1 aliphatic rings. The molecule has 24 heavy (non-hydrogen) atoms. The standard InChI is InChI=1S/C17H19N5O2/c1-4-24-15-12(6-5-8-19-15)14-10-17(2,3)22(21-14)16(23)13-7-9-18-11-20-13/h5-9,11H,4,10H2,1-3H3. The Morgan fingerprint density at radius 2 is 2.12 bits per heavy atom. The van der Waals surface area contributed by atoms with E-state index in [0.717, 1.165) is 11.3 Å². The van der Waals surface area contributed by atoms with Crippen LogP contribution in [0.1, 0.15) is 43.2 Å². The minimum absolute atomic E-state index is 0.251. The van der Waals surface area contributed by atoms with E-state index in [-0.39, 0.29) is 5.91 Å². The summed E-state index contributed by atoms with van der Waals surface area (Å²) in [7, 11) is 0. The van der Waals surface area contributed by atoms with Gasteiger partial charge in [0, 0.05) is 18.8 Å². The van der Waals surface area contributed by atoms with Gasteiger partial charge in [-0.2, -0.15) is 5.10 Å². The SMILES string of the molecule is CCOc1ncccc1C1=NN(C(=O)c2ccncn2)C(C)(C)C1. The molecule has 7 heteroatoms. The summed E-state index contributed by atoms with van der Waals surface area (Å²) in [6, 6.07) is 5.33. The van der Waals surface area contributed by atoms with Gasteiger partial charge < -0.3 is 4.74 Å². The number of hydrogen-bond acceptors (Lipinski definition) is 6. The molecular formula is C17H19N5O2. The van der Waals surface area contributed by atoms with Crippen molar-refractivity contribution in [1.29, 1.82) is 0 Å². The second-order valence-electron chi connectivity index (χ2n) is 6.04. The molecule has 0 N–H and O–H groups in total. The number of carbonyl (C=O) groups excluding carboxylic acids is 1. The number of carbonyl (C=O) groups is 1. The number of hydrogen-bond donors (Lipinski definition) is 0. The van der Waals surface area contributed by atoms with Crippen molar-refractivity contribution in [3.8, 4) is 5.88 Å². The Bertz CT molecular complexity index is 774. The van der Waals surface area contributed by atoms with Crippen LogP contribution in [-0.2, 0) is 0 Å². The lowest BCUT2D eigenvalue weighted by Crippen LogP contribution is -2.41. The zero-order chi connectivity index (χ0) is 17.2. The first-order valence-electron chi connectivity index (χ1n) is 7.79. The van der Waals surface area contributed by atoms with E-state index < -0.39 is 5.54 Å². The summed E-state index contributed by atoms with van der Waals surface area (Å²) < 4.78 is 5.58. The summed E-state index contributed by atoms with van der Waals surface area (Å²) in [5.74, 6) is 0.283. The molecule has 0 atom stereocenters. The summed E-state index contributed by atoms with van der Waals surface area (Å²) in [6.45, 7) is 6.37. The van der Waals surface area contributed by atoms with Crippen LogP contribution in [0.4, 0.5) is 0 Å². The molecule has 3 rings (SSSR count). The Morgan fingerprint density at radius 3 is 2.83 bits per heavy atom. The van der Waals surface area contributed by atoms with Crippen LogP contribution in [0.5, 0.6) is 5.88 Å². The topological polar surface area (TPSA) is 80.6 Å². The Kier molecular flexibility index (Phi) is 4.24. The molecule has 0 aliphatic carbocycles. The van der Waals surface area contributed by atoms with Crippen LogP contribution in [0.2, 0.25) is 0 Å². The molecule has 2 aromatic heterocycles. The van der Waals surface area contributed by atoms with Crippen LogP contribution in [0.25, 0.3) is 0 Å². The van der Waals surface area contributed by atoms with Gasteiger partial charge in [0.05, 0.1) is 23.4 Å². The van der Waals surface area contributed by atoms with Gasteiger partial charge in [-0.3, -0.25) is 4.79 Å². The molecule has 0 saturated carbocycles. The Hall–Kier alpha value is -2.83. The predicted molar refractivity (Wildman–Crippen MR) is 88.8 cm³/mol. The molecule has 0 radical (unpaired) electrons. The fourth-order valence-electron chi connectivity index (χ4n) is 2.63. The number of nitrogens with zero attached hydrogens (tertiary/aromatic N) is 5. The highest BCUT2D eigenvalue weighted by atomic mass is 16.5. The van der Waals surface area contributed by atoms with E-state index in [1.807, 2.05) is 32.9 Å². The van der Waals surface area contributed by atoms with Gasteiger partial charge in [-0.15, -0.1) is 0 Å². The summed E-state index contributed by atoms with van der Waals surface area (Å²) in [5, 5.41) is 6.03. The van der Waals surface area contributed by atoms with Crippen LogP contribution in [0.15, 0.2) is 42.0 Å². The van der Waals surface area contributed by atoms with E-state index in [9.17, 15) is 4.79 Å². The highest BCUT2D eigenvalue weighted by Gasteiger charge is 2.40. The molecule has 0 aromatic carbocycles. The molecule has 0 bridgehead atoms. The van der Waals surface area contributed by atoms with Crippen molar-refractivity contribution in [2.75, 3.05) is 6.61 Å². The number of ether oxygens (including phenoxy) is 1. The summed E-state index contributed by atoms with van der Waals surface area (Å²) in [4.78, 5) is 24.9. The predicted octanol–water partition coefficient (Wildman–Crippen LogP) is 2.30. The monoisotopic (exact) mass is 325 g/mol. The largest absolute Gasteiger partial charge is 0.477 e. The van der Waals surface area contributed by atoms with Crippen molar-refractivity contribution in [2.24, 2.45) is 5.10 Å². The fourth-order valence-corrected chi connectivity index (χ4v) is 2.63. The van der Waals surface area contributed by atoms with Gasteiger partial charge in [-0.1, -0.05) is 0 Å². The molecule has 3 heterocycles. The third-order valence-electron chi connectivity index (χ3n) is 3.75. The molecular weight excluding hydrogens is 306 g/mol. The molecule has 0 fully saturated rings. The lowest BCUT2D eigenvalue weighted by atomic mass is 9.95. The summed E-state index contributed by atoms with van der Waals surface area (Å²) >= 11 is 0. The first-order chi connectivity index (χ1) is 11.5. The van der Waals surface area contributed by atoms with Gasteiger partial charge in [-0.05, 0) is 39.0 Å². The first kappa shape index (κ1) is 16.0. The zero-order valence-electron chi connectivity index (χ0n) is 13.9. The molecule has 1 amide bonds. The molecule has 124 valence electrons. The maximum atomic E-state index is 12.7.